The number of hydrogen-bond acceptors (Lipinski definition) is 8. The Bertz CT molecular complexity index is 515. The number of nitrogens with two attached hydrogens (primary N) is 2. The average Bonchev–Trinajstić information content (AvgIpc) is 2.61. The van der Waals surface area contributed by atoms with Crippen LogP contribution < -0.4 is 27.4 Å². The molecule has 12 heteroatoms. The Hall–Kier alpha value is -2.28. The molecule has 12 nitrogen and oxygen atoms in total. The van der Waals surface area contributed by atoms with Crippen molar-refractivity contribution in [3.8, 4) is 0 Å². The summed E-state index contributed by atoms with van der Waals surface area (Å²) in [6, 6.07) is -3.79. The fourth-order valence-corrected chi connectivity index (χ4v) is 2.02. The molecule has 0 aliphatic rings. The van der Waals surface area contributed by atoms with Crippen LogP contribution in [-0.2, 0) is 19.2 Å². The first-order valence-electron chi connectivity index (χ1n) is 8.48. The van der Waals surface area contributed by atoms with Crippen molar-refractivity contribution in [3.63, 3.8) is 0 Å². The van der Waals surface area contributed by atoms with Gasteiger partial charge in [-0.2, -0.15) is 0 Å². The van der Waals surface area contributed by atoms with Crippen LogP contribution in [0.4, 0.5) is 0 Å². The molecule has 0 aromatic heterocycles. The number of nitrogens with one attached hydrogen (secondary N) is 3. The standard InChI is InChI=1S/C15H29N5O7/c1-8(22)12(20-13(24)9(17)7-21)14(25)18-6-11(23)19-10(15(26)27)4-2-3-5-16/h8-10,12,21-22H,2-7,16-17H2,1H3,(H,18,25)(H,19,23)(H,20,24)(H,26,27). The largest absolute Gasteiger partial charge is 0.480 e. The van der Waals surface area contributed by atoms with E-state index in [1.165, 1.54) is 6.92 Å². The number of amides is 3. The number of carbonyl (C=O) groups is 4. The maximum atomic E-state index is 12.1. The predicted octanol–water partition coefficient (Wildman–Crippen LogP) is -4.01. The average molecular weight is 391 g/mol. The molecule has 10 N–H and O–H groups in total. The third-order valence-electron chi connectivity index (χ3n) is 3.60. The Kier molecular flexibility index (Phi) is 11.9. The maximum Gasteiger partial charge on any atom is 0.326 e. The molecule has 0 saturated heterocycles. The van der Waals surface area contributed by atoms with Crippen LogP contribution in [0.5, 0.6) is 0 Å². The first-order chi connectivity index (χ1) is 12.6. The number of carboxylic acid groups (broad SMARTS) is 1. The fourth-order valence-electron chi connectivity index (χ4n) is 2.02. The van der Waals surface area contributed by atoms with Gasteiger partial charge in [0.15, 0.2) is 0 Å². The molecule has 0 heterocycles. The molecule has 0 radical (unpaired) electrons. The molecule has 3 amide bonds. The molecule has 27 heavy (non-hydrogen) atoms. The molecule has 0 aliphatic carbocycles. The monoisotopic (exact) mass is 391 g/mol. The fraction of sp³-hybridized carbons (Fsp3) is 0.733. The Morgan fingerprint density at radius 1 is 1.07 bits per heavy atom. The van der Waals surface area contributed by atoms with Crippen molar-refractivity contribution in [2.75, 3.05) is 19.7 Å². The second-order valence-electron chi connectivity index (χ2n) is 5.98. The summed E-state index contributed by atoms with van der Waals surface area (Å²) in [5.74, 6) is -3.67. The van der Waals surface area contributed by atoms with Crippen molar-refractivity contribution in [2.45, 2.75) is 50.4 Å². The van der Waals surface area contributed by atoms with Gasteiger partial charge in [-0.1, -0.05) is 0 Å². The van der Waals surface area contributed by atoms with Gasteiger partial charge >= 0.3 is 5.97 Å². The van der Waals surface area contributed by atoms with E-state index in [-0.39, 0.29) is 6.42 Å². The molecule has 0 bridgehead atoms. The number of carboxylic acids is 1. The van der Waals surface area contributed by atoms with Gasteiger partial charge in [0.25, 0.3) is 0 Å². The predicted molar refractivity (Wildman–Crippen MR) is 94.2 cm³/mol. The van der Waals surface area contributed by atoms with Crippen LogP contribution in [0.2, 0.25) is 0 Å². The number of carbonyl (C=O) groups excluding carboxylic acids is 3. The highest BCUT2D eigenvalue weighted by Gasteiger charge is 2.28. The van der Waals surface area contributed by atoms with E-state index < -0.39 is 61.1 Å². The zero-order valence-corrected chi connectivity index (χ0v) is 15.2. The summed E-state index contributed by atoms with van der Waals surface area (Å²) < 4.78 is 0. The summed E-state index contributed by atoms with van der Waals surface area (Å²) in [4.78, 5) is 46.7. The van der Waals surface area contributed by atoms with Crippen LogP contribution in [0, 0.1) is 0 Å². The lowest BCUT2D eigenvalue weighted by Gasteiger charge is -2.22. The Balaban J connectivity index is 4.62. The van der Waals surface area contributed by atoms with Crippen LogP contribution in [0.25, 0.3) is 0 Å². The third-order valence-corrected chi connectivity index (χ3v) is 3.60. The zero-order valence-electron chi connectivity index (χ0n) is 15.2. The second kappa shape index (κ2) is 13.0. The van der Waals surface area contributed by atoms with Crippen LogP contribution in [0.3, 0.4) is 0 Å². The van der Waals surface area contributed by atoms with E-state index in [9.17, 15) is 24.3 Å². The highest BCUT2D eigenvalue weighted by molar-refractivity contribution is 5.92. The highest BCUT2D eigenvalue weighted by Crippen LogP contribution is 2.01. The number of aliphatic hydroxyl groups excluding tert-OH is 2. The van der Waals surface area contributed by atoms with E-state index >= 15 is 0 Å². The van der Waals surface area contributed by atoms with Gasteiger partial charge < -0.3 is 42.7 Å². The summed E-state index contributed by atoms with van der Waals surface area (Å²) >= 11 is 0. The van der Waals surface area contributed by atoms with Gasteiger partial charge in [0.1, 0.15) is 18.1 Å². The van der Waals surface area contributed by atoms with Gasteiger partial charge in [0.05, 0.1) is 19.3 Å². The molecule has 0 spiro atoms. The molecule has 156 valence electrons. The molecule has 0 saturated carbocycles. The summed E-state index contributed by atoms with van der Waals surface area (Å²) in [6.45, 7) is 0.448. The van der Waals surface area contributed by atoms with Crippen molar-refractivity contribution >= 4 is 23.7 Å². The van der Waals surface area contributed by atoms with E-state index in [1.54, 1.807) is 0 Å². The van der Waals surface area contributed by atoms with Gasteiger partial charge in [-0.3, -0.25) is 14.4 Å². The summed E-state index contributed by atoms with van der Waals surface area (Å²) in [6.07, 6.45) is 0.0205. The quantitative estimate of drug-likeness (QED) is 0.143. The minimum Gasteiger partial charge on any atom is -0.480 e. The van der Waals surface area contributed by atoms with Gasteiger partial charge in [-0.05, 0) is 32.7 Å². The molecule has 0 fully saturated rings. The highest BCUT2D eigenvalue weighted by atomic mass is 16.4. The van der Waals surface area contributed by atoms with Crippen molar-refractivity contribution in [1.82, 2.24) is 16.0 Å². The molecule has 0 aliphatic heterocycles. The summed E-state index contributed by atoms with van der Waals surface area (Å²) in [7, 11) is 0. The second-order valence-corrected chi connectivity index (χ2v) is 5.98. The van der Waals surface area contributed by atoms with Crippen molar-refractivity contribution in [2.24, 2.45) is 11.5 Å². The molecule has 0 aromatic carbocycles. The van der Waals surface area contributed by atoms with Crippen LogP contribution in [0.1, 0.15) is 26.2 Å². The Morgan fingerprint density at radius 2 is 1.70 bits per heavy atom. The summed E-state index contributed by atoms with van der Waals surface area (Å²) in [5.41, 5.74) is 10.7. The SMILES string of the molecule is CC(O)C(NC(=O)C(N)CO)C(=O)NCC(=O)NC(CCCCN)C(=O)O. The third kappa shape index (κ3) is 9.84. The minimum absolute atomic E-state index is 0.192. The number of aliphatic carboxylic acids is 1. The zero-order chi connectivity index (χ0) is 21.0. The summed E-state index contributed by atoms with van der Waals surface area (Å²) in [5, 5.41) is 34.2. The van der Waals surface area contributed by atoms with Crippen molar-refractivity contribution in [3.05, 3.63) is 0 Å². The van der Waals surface area contributed by atoms with Crippen molar-refractivity contribution < 1.29 is 34.5 Å². The molecule has 0 rings (SSSR count). The van der Waals surface area contributed by atoms with Gasteiger partial charge in [-0.15, -0.1) is 0 Å². The number of rotatable bonds is 13. The number of unbranched alkanes of at least 4 members (excludes halogenated alkanes) is 1. The first kappa shape index (κ1) is 24.7. The normalized spacial score (nSPS) is 15.1. The number of hydrogen-bond donors (Lipinski definition) is 8. The van der Waals surface area contributed by atoms with Gasteiger partial charge in [0.2, 0.25) is 17.7 Å². The smallest absolute Gasteiger partial charge is 0.326 e. The molecule has 4 atom stereocenters. The van der Waals surface area contributed by atoms with E-state index in [4.69, 9.17) is 21.7 Å². The van der Waals surface area contributed by atoms with E-state index in [1.807, 2.05) is 0 Å². The van der Waals surface area contributed by atoms with Crippen LogP contribution >= 0.6 is 0 Å². The molecular weight excluding hydrogens is 362 g/mol. The minimum atomic E-state index is -1.40. The van der Waals surface area contributed by atoms with Gasteiger partial charge in [0, 0.05) is 0 Å². The first-order valence-corrected chi connectivity index (χ1v) is 8.48. The molecular formula is C15H29N5O7. The van der Waals surface area contributed by atoms with E-state index in [0.717, 1.165) is 0 Å². The molecule has 0 aromatic rings. The van der Waals surface area contributed by atoms with Crippen LogP contribution in [-0.4, -0.2) is 82.9 Å². The Labute approximate surface area is 156 Å². The van der Waals surface area contributed by atoms with Crippen molar-refractivity contribution in [1.29, 1.82) is 0 Å². The molecule has 4 unspecified atom stereocenters. The maximum absolute atomic E-state index is 12.1. The lowest BCUT2D eigenvalue weighted by molar-refractivity contribution is -0.142. The lowest BCUT2D eigenvalue weighted by atomic mass is 10.1. The van der Waals surface area contributed by atoms with E-state index in [0.29, 0.717) is 19.4 Å². The Morgan fingerprint density at radius 3 is 2.19 bits per heavy atom. The topological polar surface area (TPSA) is 217 Å². The van der Waals surface area contributed by atoms with Crippen LogP contribution in [0.15, 0.2) is 0 Å². The van der Waals surface area contributed by atoms with Gasteiger partial charge in [-0.25, -0.2) is 4.79 Å². The van der Waals surface area contributed by atoms with E-state index in [2.05, 4.69) is 16.0 Å². The number of aliphatic hydroxyl groups is 2. The lowest BCUT2D eigenvalue weighted by Crippen LogP contribution is -2.57.